The van der Waals surface area contributed by atoms with Crippen molar-refractivity contribution in [1.82, 2.24) is 4.90 Å². The van der Waals surface area contributed by atoms with E-state index in [2.05, 4.69) is 17.3 Å². The average molecular weight is 266 g/mol. The maximum Gasteiger partial charge on any atom is 0.0593 e. The Hall–Kier alpha value is -1.46. The second-order valence-electron chi connectivity index (χ2n) is 4.63. The second-order valence-corrected chi connectivity index (χ2v) is 4.63. The molecule has 0 aliphatic heterocycles. The highest BCUT2D eigenvalue weighted by Crippen LogP contribution is 2.20. The number of likely N-dealkylation sites (N-methyl/N-ethyl adjacent to an activating group) is 1. The summed E-state index contributed by atoms with van der Waals surface area (Å²) < 4.78 is 5.32. The third-order valence-electron chi connectivity index (χ3n) is 2.93. The van der Waals surface area contributed by atoms with Gasteiger partial charge in [-0.25, -0.2) is 0 Å². The minimum absolute atomic E-state index is 0.693. The number of nitrogens with zero attached hydrogens (tertiary/aromatic N) is 1. The highest BCUT2D eigenvalue weighted by Gasteiger charge is 2.00. The maximum absolute atomic E-state index is 5.87. The molecule has 1 aromatic carbocycles. The molecule has 0 bridgehead atoms. The Morgan fingerprint density at radius 1 is 1.26 bits per heavy atom. The second kappa shape index (κ2) is 8.61. The minimum Gasteiger partial charge on any atom is -0.399 e. The molecule has 0 aliphatic carbocycles. The highest BCUT2D eigenvalue weighted by molar-refractivity contribution is 5.70. The number of ether oxygens (including phenoxy) is 1. The molecule has 0 heterocycles. The van der Waals surface area contributed by atoms with Gasteiger partial charge >= 0.3 is 0 Å². The molecule has 0 aromatic heterocycles. The molecule has 5 N–H and O–H groups in total. The van der Waals surface area contributed by atoms with Crippen LogP contribution in [0.5, 0.6) is 0 Å². The van der Waals surface area contributed by atoms with Crippen molar-refractivity contribution in [2.24, 2.45) is 0 Å². The van der Waals surface area contributed by atoms with E-state index < -0.39 is 0 Å². The minimum atomic E-state index is 0.693. The molecule has 1 rings (SSSR count). The molecule has 0 atom stereocenters. The zero-order valence-corrected chi connectivity index (χ0v) is 12.0. The van der Waals surface area contributed by atoms with Crippen molar-refractivity contribution >= 4 is 17.1 Å². The predicted octanol–water partition coefficient (Wildman–Crippen LogP) is 1.62. The van der Waals surface area contributed by atoms with Crippen molar-refractivity contribution in [3.05, 3.63) is 18.2 Å². The summed E-state index contributed by atoms with van der Waals surface area (Å²) in [7, 11) is 2.11. The first kappa shape index (κ1) is 15.6. The fourth-order valence-corrected chi connectivity index (χ4v) is 1.79. The van der Waals surface area contributed by atoms with Crippen LogP contribution in [0.15, 0.2) is 18.2 Å². The normalized spacial score (nSPS) is 10.9. The lowest BCUT2D eigenvalue weighted by Crippen LogP contribution is -2.25. The lowest BCUT2D eigenvalue weighted by molar-refractivity contribution is 0.122. The Bertz CT molecular complexity index is 370. The number of nitrogens with two attached hydrogens (primary N) is 2. The fraction of sp³-hybridized carbons (Fsp3) is 0.571. The number of hydrogen-bond donors (Lipinski definition) is 3. The summed E-state index contributed by atoms with van der Waals surface area (Å²) in [5, 5.41) is 3.32. The largest absolute Gasteiger partial charge is 0.399 e. The molecule has 5 nitrogen and oxygen atoms in total. The third-order valence-corrected chi connectivity index (χ3v) is 2.93. The van der Waals surface area contributed by atoms with Gasteiger partial charge in [-0.15, -0.1) is 0 Å². The monoisotopic (exact) mass is 266 g/mol. The first-order valence-corrected chi connectivity index (χ1v) is 6.78. The molecule has 1 aromatic rings. The Morgan fingerprint density at radius 3 is 2.74 bits per heavy atom. The molecule has 0 saturated carbocycles. The predicted molar refractivity (Wildman–Crippen MR) is 82.4 cm³/mol. The zero-order valence-electron chi connectivity index (χ0n) is 12.0. The smallest absolute Gasteiger partial charge is 0.0593 e. The van der Waals surface area contributed by atoms with E-state index in [1.807, 2.05) is 19.1 Å². The van der Waals surface area contributed by atoms with Crippen LogP contribution in [0, 0.1) is 0 Å². The van der Waals surface area contributed by atoms with Gasteiger partial charge in [0, 0.05) is 25.4 Å². The van der Waals surface area contributed by atoms with Crippen molar-refractivity contribution in [3.8, 4) is 0 Å². The van der Waals surface area contributed by atoms with Crippen LogP contribution in [0.3, 0.4) is 0 Å². The van der Waals surface area contributed by atoms with E-state index in [0.29, 0.717) is 11.4 Å². The van der Waals surface area contributed by atoms with E-state index in [1.165, 1.54) is 0 Å². The summed E-state index contributed by atoms with van der Waals surface area (Å²) in [6.45, 7) is 6.50. The van der Waals surface area contributed by atoms with E-state index >= 15 is 0 Å². The van der Waals surface area contributed by atoms with Crippen LogP contribution in [0.2, 0.25) is 0 Å². The molecule has 0 unspecified atom stereocenters. The van der Waals surface area contributed by atoms with Crippen molar-refractivity contribution in [3.63, 3.8) is 0 Å². The van der Waals surface area contributed by atoms with Crippen LogP contribution < -0.4 is 16.8 Å². The van der Waals surface area contributed by atoms with Crippen LogP contribution in [0.4, 0.5) is 17.1 Å². The van der Waals surface area contributed by atoms with Crippen LogP contribution in [-0.4, -0.2) is 44.8 Å². The van der Waals surface area contributed by atoms with Crippen molar-refractivity contribution < 1.29 is 4.74 Å². The lowest BCUT2D eigenvalue weighted by atomic mass is 10.2. The summed E-state index contributed by atoms with van der Waals surface area (Å²) in [5.74, 6) is 0. The van der Waals surface area contributed by atoms with Gasteiger partial charge in [0.15, 0.2) is 0 Å². The SMILES string of the molecule is CCOCCN(C)CCCNc1ccc(N)cc1N. The molecule has 19 heavy (non-hydrogen) atoms. The highest BCUT2D eigenvalue weighted by atomic mass is 16.5. The molecule has 0 fully saturated rings. The van der Waals surface area contributed by atoms with Crippen LogP contribution in [0.25, 0.3) is 0 Å². The van der Waals surface area contributed by atoms with Gasteiger partial charge in [0.05, 0.1) is 18.0 Å². The molecule has 0 radical (unpaired) electrons. The quantitative estimate of drug-likeness (QED) is 0.468. The van der Waals surface area contributed by atoms with E-state index in [9.17, 15) is 0 Å². The Balaban J connectivity index is 2.16. The summed E-state index contributed by atoms with van der Waals surface area (Å²) in [6, 6.07) is 5.55. The van der Waals surface area contributed by atoms with E-state index in [4.69, 9.17) is 16.2 Å². The summed E-state index contributed by atoms with van der Waals surface area (Å²) in [6.07, 6.45) is 1.06. The number of hydrogen-bond acceptors (Lipinski definition) is 5. The molecule has 0 amide bonds. The summed E-state index contributed by atoms with van der Waals surface area (Å²) in [4.78, 5) is 2.27. The lowest BCUT2D eigenvalue weighted by Gasteiger charge is -2.17. The topological polar surface area (TPSA) is 76.5 Å². The molecular weight excluding hydrogens is 240 g/mol. The summed E-state index contributed by atoms with van der Waals surface area (Å²) in [5.41, 5.74) is 13.9. The standard InChI is InChI=1S/C14H26N4O/c1-3-19-10-9-18(2)8-4-7-17-14-6-5-12(15)11-13(14)16/h5-6,11,17H,3-4,7-10,15-16H2,1-2H3. The number of nitrogen functional groups attached to an aromatic ring is 2. The maximum atomic E-state index is 5.87. The Morgan fingerprint density at radius 2 is 2.05 bits per heavy atom. The van der Waals surface area contributed by atoms with Crippen LogP contribution in [-0.2, 0) is 4.74 Å². The van der Waals surface area contributed by atoms with E-state index in [0.717, 1.165) is 45.0 Å². The van der Waals surface area contributed by atoms with E-state index in [-0.39, 0.29) is 0 Å². The van der Waals surface area contributed by atoms with Gasteiger partial charge in [-0.05, 0) is 45.1 Å². The Labute approximate surface area is 115 Å². The molecule has 0 aliphatic rings. The number of nitrogens with one attached hydrogen (secondary N) is 1. The van der Waals surface area contributed by atoms with Crippen molar-refractivity contribution in [1.29, 1.82) is 0 Å². The van der Waals surface area contributed by atoms with E-state index in [1.54, 1.807) is 6.07 Å². The van der Waals surface area contributed by atoms with Gasteiger partial charge in [-0.1, -0.05) is 0 Å². The average Bonchev–Trinajstić information content (AvgIpc) is 2.37. The van der Waals surface area contributed by atoms with Gasteiger partial charge < -0.3 is 26.4 Å². The zero-order chi connectivity index (χ0) is 14.1. The number of rotatable bonds is 9. The van der Waals surface area contributed by atoms with Gasteiger partial charge in [-0.3, -0.25) is 0 Å². The van der Waals surface area contributed by atoms with Gasteiger partial charge in [0.1, 0.15) is 0 Å². The van der Waals surface area contributed by atoms with Crippen LogP contribution in [0.1, 0.15) is 13.3 Å². The molecular formula is C14H26N4O. The van der Waals surface area contributed by atoms with Crippen molar-refractivity contribution in [2.45, 2.75) is 13.3 Å². The molecule has 108 valence electrons. The van der Waals surface area contributed by atoms with Gasteiger partial charge in [0.25, 0.3) is 0 Å². The molecule has 5 heteroatoms. The molecule has 0 spiro atoms. The number of benzene rings is 1. The number of anilines is 3. The third kappa shape index (κ3) is 6.31. The van der Waals surface area contributed by atoms with Gasteiger partial charge in [-0.2, -0.15) is 0 Å². The first-order chi connectivity index (χ1) is 9.13. The van der Waals surface area contributed by atoms with Crippen molar-refractivity contribution in [2.75, 3.05) is 56.7 Å². The van der Waals surface area contributed by atoms with Gasteiger partial charge in [0.2, 0.25) is 0 Å². The fourth-order valence-electron chi connectivity index (χ4n) is 1.79. The van der Waals surface area contributed by atoms with Crippen LogP contribution >= 0.6 is 0 Å². The summed E-state index contributed by atoms with van der Waals surface area (Å²) >= 11 is 0. The molecule has 0 saturated heterocycles. The first-order valence-electron chi connectivity index (χ1n) is 6.78. The Kier molecular flexibility index (Phi) is 7.07.